The molecule has 0 saturated carbocycles. The van der Waals surface area contributed by atoms with Gasteiger partial charge < -0.3 is 9.64 Å². The highest BCUT2D eigenvalue weighted by molar-refractivity contribution is 5.80. The van der Waals surface area contributed by atoms with Crippen LogP contribution in [-0.2, 0) is 4.74 Å². The number of nitrogens with one attached hydrogen (secondary N) is 1. The van der Waals surface area contributed by atoms with E-state index in [4.69, 9.17) is 14.7 Å². The molecule has 3 heterocycles. The van der Waals surface area contributed by atoms with E-state index < -0.39 is 0 Å². The minimum absolute atomic E-state index is 0.634. The maximum atomic E-state index is 5.52. The van der Waals surface area contributed by atoms with Crippen molar-refractivity contribution in [3.05, 3.63) is 90.1 Å². The zero-order valence-corrected chi connectivity index (χ0v) is 19.1. The maximum absolute atomic E-state index is 5.52. The van der Waals surface area contributed by atoms with Crippen molar-refractivity contribution in [2.24, 2.45) is 5.10 Å². The second kappa shape index (κ2) is 10.2. The minimum Gasteiger partial charge on any atom is -0.378 e. The number of nitrogens with zero attached hydrogens (tertiary/aromatic N) is 5. The Morgan fingerprint density at radius 2 is 1.76 bits per heavy atom. The summed E-state index contributed by atoms with van der Waals surface area (Å²) in [5.41, 5.74) is 8.16. The third-order valence-electron chi connectivity index (χ3n) is 5.56. The van der Waals surface area contributed by atoms with Crippen LogP contribution in [0.2, 0.25) is 0 Å². The number of rotatable bonds is 6. The molecule has 0 amide bonds. The third kappa shape index (κ3) is 5.27. The third-order valence-corrected chi connectivity index (χ3v) is 5.56. The van der Waals surface area contributed by atoms with E-state index >= 15 is 0 Å². The Balaban J connectivity index is 1.48. The predicted octanol–water partition coefficient (Wildman–Crippen LogP) is 4.80. The van der Waals surface area contributed by atoms with Gasteiger partial charge in [0, 0.05) is 36.5 Å². The molecule has 170 valence electrons. The number of ether oxygens (including phenoxy) is 1. The molecule has 0 spiro atoms. The minimum atomic E-state index is 0.634. The smallest absolute Gasteiger partial charge is 0.163 e. The Kier molecular flexibility index (Phi) is 6.54. The van der Waals surface area contributed by atoms with Gasteiger partial charge in [0.15, 0.2) is 11.6 Å². The molecule has 7 heteroatoms. The lowest BCUT2D eigenvalue weighted by Crippen LogP contribution is -2.36. The number of hydrogen-bond acceptors (Lipinski definition) is 7. The maximum Gasteiger partial charge on any atom is 0.163 e. The predicted molar refractivity (Wildman–Crippen MR) is 136 cm³/mol. The van der Waals surface area contributed by atoms with Crippen LogP contribution in [0, 0.1) is 6.92 Å². The van der Waals surface area contributed by atoms with Gasteiger partial charge in [0.2, 0.25) is 0 Å². The normalized spacial score (nSPS) is 13.9. The summed E-state index contributed by atoms with van der Waals surface area (Å²) in [6.07, 6.45) is 3.59. The molecule has 1 aliphatic heterocycles. The largest absolute Gasteiger partial charge is 0.378 e. The van der Waals surface area contributed by atoms with E-state index in [2.05, 4.69) is 45.5 Å². The van der Waals surface area contributed by atoms with Crippen molar-refractivity contribution in [2.45, 2.75) is 6.92 Å². The lowest BCUT2D eigenvalue weighted by atomic mass is 10.1. The molecule has 1 fully saturated rings. The van der Waals surface area contributed by atoms with Crippen molar-refractivity contribution in [2.75, 3.05) is 36.6 Å². The molecule has 1 aliphatic rings. The first-order valence-corrected chi connectivity index (χ1v) is 11.3. The van der Waals surface area contributed by atoms with E-state index in [1.165, 1.54) is 5.56 Å². The van der Waals surface area contributed by atoms with E-state index in [0.29, 0.717) is 24.9 Å². The van der Waals surface area contributed by atoms with Crippen molar-refractivity contribution in [3.63, 3.8) is 0 Å². The summed E-state index contributed by atoms with van der Waals surface area (Å²) in [5, 5.41) is 4.42. The number of morpholine rings is 1. The molecule has 2 aromatic carbocycles. The highest BCUT2D eigenvalue weighted by Crippen LogP contribution is 2.26. The van der Waals surface area contributed by atoms with Gasteiger partial charge >= 0.3 is 0 Å². The zero-order valence-electron chi connectivity index (χ0n) is 19.1. The van der Waals surface area contributed by atoms with Crippen LogP contribution >= 0.6 is 0 Å². The molecule has 0 aliphatic carbocycles. The molecule has 4 aromatic rings. The van der Waals surface area contributed by atoms with Crippen LogP contribution in [0.3, 0.4) is 0 Å². The van der Waals surface area contributed by atoms with Gasteiger partial charge in [-0.05, 0) is 30.7 Å². The van der Waals surface area contributed by atoms with Gasteiger partial charge in [0.1, 0.15) is 5.82 Å². The number of pyridine rings is 1. The van der Waals surface area contributed by atoms with Gasteiger partial charge in [0.25, 0.3) is 0 Å². The average Bonchev–Trinajstić information content (AvgIpc) is 2.90. The van der Waals surface area contributed by atoms with E-state index in [9.17, 15) is 0 Å². The highest BCUT2D eigenvalue weighted by Gasteiger charge is 2.16. The first-order chi connectivity index (χ1) is 16.7. The monoisotopic (exact) mass is 450 g/mol. The zero-order chi connectivity index (χ0) is 23.2. The molecule has 5 rings (SSSR count). The van der Waals surface area contributed by atoms with Crippen LogP contribution < -0.4 is 10.3 Å². The van der Waals surface area contributed by atoms with E-state index in [0.717, 1.165) is 41.3 Å². The number of benzene rings is 2. The summed E-state index contributed by atoms with van der Waals surface area (Å²) in [4.78, 5) is 16.3. The Morgan fingerprint density at radius 3 is 2.59 bits per heavy atom. The molecule has 0 atom stereocenters. The molecule has 0 unspecified atom stereocenters. The van der Waals surface area contributed by atoms with Gasteiger partial charge in [-0.25, -0.2) is 9.97 Å². The second-order valence-corrected chi connectivity index (χ2v) is 8.11. The second-order valence-electron chi connectivity index (χ2n) is 8.11. The number of anilines is 2. The van der Waals surface area contributed by atoms with Crippen LogP contribution in [0.25, 0.3) is 22.6 Å². The standard InChI is InChI=1S/C27H26N6O/c1-20-6-4-7-21(16-20)19-29-32-25-18-26(33-12-14-34-15-13-33)31-27(30-25)23-9-5-8-22(17-23)24-10-2-3-11-28-24/h2-11,16-19H,12-15H2,1H3,(H,30,31,32). The Labute approximate surface area is 199 Å². The molecule has 0 radical (unpaired) electrons. The lowest BCUT2D eigenvalue weighted by molar-refractivity contribution is 0.122. The van der Waals surface area contributed by atoms with Crippen LogP contribution in [0.4, 0.5) is 11.6 Å². The summed E-state index contributed by atoms with van der Waals surface area (Å²) in [6.45, 7) is 5.01. The van der Waals surface area contributed by atoms with Gasteiger partial charge in [-0.2, -0.15) is 5.10 Å². The van der Waals surface area contributed by atoms with Crippen molar-refractivity contribution >= 4 is 17.9 Å². The molecule has 1 N–H and O–H groups in total. The average molecular weight is 451 g/mol. The number of aromatic nitrogens is 3. The summed E-state index contributed by atoms with van der Waals surface area (Å²) in [5.74, 6) is 2.12. The van der Waals surface area contributed by atoms with Crippen molar-refractivity contribution in [3.8, 4) is 22.6 Å². The molecule has 34 heavy (non-hydrogen) atoms. The molecule has 1 saturated heterocycles. The Hall–Kier alpha value is -4.10. The quantitative estimate of drug-likeness (QED) is 0.336. The van der Waals surface area contributed by atoms with Crippen LogP contribution in [0.1, 0.15) is 11.1 Å². The fraction of sp³-hybridized carbons (Fsp3) is 0.185. The topological polar surface area (TPSA) is 75.5 Å². The number of aryl methyl sites for hydroxylation is 1. The van der Waals surface area contributed by atoms with E-state index in [1.54, 1.807) is 12.4 Å². The molecular weight excluding hydrogens is 424 g/mol. The fourth-order valence-corrected chi connectivity index (χ4v) is 3.85. The van der Waals surface area contributed by atoms with Crippen LogP contribution in [0.5, 0.6) is 0 Å². The number of hydrazone groups is 1. The Morgan fingerprint density at radius 1 is 0.912 bits per heavy atom. The molecule has 0 bridgehead atoms. The SMILES string of the molecule is Cc1cccc(C=NNc2cc(N3CCOCC3)nc(-c3cccc(-c4ccccn4)c3)n2)c1. The summed E-state index contributed by atoms with van der Waals surface area (Å²) in [7, 11) is 0. The summed E-state index contributed by atoms with van der Waals surface area (Å²) >= 11 is 0. The van der Waals surface area contributed by atoms with E-state index in [-0.39, 0.29) is 0 Å². The first-order valence-electron chi connectivity index (χ1n) is 11.3. The Bertz CT molecular complexity index is 1290. The molecular formula is C27H26N6O. The summed E-state index contributed by atoms with van der Waals surface area (Å²) < 4.78 is 5.52. The van der Waals surface area contributed by atoms with Crippen molar-refractivity contribution in [1.29, 1.82) is 0 Å². The fourth-order valence-electron chi connectivity index (χ4n) is 3.85. The molecule has 7 nitrogen and oxygen atoms in total. The van der Waals surface area contributed by atoms with Crippen molar-refractivity contribution < 1.29 is 4.74 Å². The number of hydrogen-bond donors (Lipinski definition) is 1. The van der Waals surface area contributed by atoms with Gasteiger partial charge in [0.05, 0.1) is 25.1 Å². The van der Waals surface area contributed by atoms with E-state index in [1.807, 2.05) is 54.6 Å². The first kappa shape index (κ1) is 21.7. The summed E-state index contributed by atoms with van der Waals surface area (Å²) in [6, 6.07) is 24.2. The lowest BCUT2D eigenvalue weighted by Gasteiger charge is -2.28. The highest BCUT2D eigenvalue weighted by atomic mass is 16.5. The van der Waals surface area contributed by atoms with Gasteiger partial charge in [-0.1, -0.05) is 54.1 Å². The van der Waals surface area contributed by atoms with Gasteiger partial charge in [-0.15, -0.1) is 0 Å². The molecule has 2 aromatic heterocycles. The van der Waals surface area contributed by atoms with Crippen LogP contribution in [0.15, 0.2) is 84.1 Å². The van der Waals surface area contributed by atoms with Gasteiger partial charge in [-0.3, -0.25) is 10.4 Å². The van der Waals surface area contributed by atoms with Crippen LogP contribution in [-0.4, -0.2) is 47.5 Å². The van der Waals surface area contributed by atoms with Crippen molar-refractivity contribution in [1.82, 2.24) is 15.0 Å².